The van der Waals surface area contributed by atoms with Gasteiger partial charge in [-0.1, -0.05) is 6.92 Å². The molecular weight excluding hydrogens is 348 g/mol. The van der Waals surface area contributed by atoms with Crippen molar-refractivity contribution in [1.29, 1.82) is 0 Å². The van der Waals surface area contributed by atoms with Crippen molar-refractivity contribution in [2.75, 3.05) is 0 Å². The summed E-state index contributed by atoms with van der Waals surface area (Å²) in [5.41, 5.74) is 0. The van der Waals surface area contributed by atoms with Crippen molar-refractivity contribution in [1.82, 2.24) is 0 Å². The number of hydrogen-bond acceptors (Lipinski definition) is 3. The van der Waals surface area contributed by atoms with Gasteiger partial charge in [-0.25, -0.2) is 4.79 Å². The number of hydrogen-bond donors (Lipinski definition) is 0. The predicted molar refractivity (Wildman–Crippen MR) is 50.6 cm³/mol. The highest BCUT2D eigenvalue weighted by atomic mass is 80.0. The second-order valence-corrected chi connectivity index (χ2v) is 8.26. The summed E-state index contributed by atoms with van der Waals surface area (Å²) >= 11 is 8.68. The lowest BCUT2D eigenvalue weighted by Gasteiger charge is -2.08. The fourth-order valence-electron chi connectivity index (χ4n) is 0.208. The van der Waals surface area contributed by atoms with Crippen LogP contribution in [-0.4, -0.2) is 14.1 Å². The molecule has 0 aliphatic carbocycles. The van der Waals surface area contributed by atoms with E-state index in [1.54, 1.807) is 0 Å². The van der Waals surface area contributed by atoms with Crippen molar-refractivity contribution >= 4 is 59.7 Å². The number of halogens is 3. The van der Waals surface area contributed by atoms with Gasteiger partial charge in [0.15, 0.2) is 0 Å². The van der Waals surface area contributed by atoms with Crippen LogP contribution in [0, 0.1) is 6.42 Å². The van der Waals surface area contributed by atoms with Crippen LogP contribution in [0.25, 0.3) is 0 Å². The van der Waals surface area contributed by atoms with Crippen molar-refractivity contribution in [3.8, 4) is 0 Å². The number of ether oxygens (including phenoxy) is 1. The van der Waals surface area contributed by atoms with Crippen LogP contribution in [0.2, 0.25) is 0 Å². The van der Waals surface area contributed by atoms with Crippen LogP contribution in [0.3, 0.4) is 0 Å². The Kier molecular flexibility index (Phi) is 4.81. The van der Waals surface area contributed by atoms with Gasteiger partial charge < -0.3 is 4.74 Å². The summed E-state index contributed by atoms with van der Waals surface area (Å²) in [6.45, 7) is 1.48. The summed E-state index contributed by atoms with van der Waals surface area (Å²) < 4.78 is 3.12. The van der Waals surface area contributed by atoms with E-state index in [1.807, 2.05) is 0 Å². The largest absolute Gasteiger partial charge is 0.391 e. The third kappa shape index (κ3) is 4.92. The Balaban J connectivity index is 3.99. The predicted octanol–water partition coefficient (Wildman–Crippen LogP) is 2.12. The smallest absolute Gasteiger partial charge is 0.352 e. The standard InChI is InChI=1S/C5H4Br3O3/c1-2-3(9)11-4(10)5(6,7)8/h2H,1H3. The molecular formula is C5H4Br3O3. The van der Waals surface area contributed by atoms with Gasteiger partial charge in [0.2, 0.25) is 2.14 Å². The van der Waals surface area contributed by atoms with Gasteiger partial charge in [0.25, 0.3) is 0 Å². The molecule has 1 radical (unpaired) electrons. The van der Waals surface area contributed by atoms with Crippen LogP contribution >= 0.6 is 47.8 Å². The first-order valence-electron chi connectivity index (χ1n) is 2.50. The molecule has 0 unspecified atom stereocenters. The molecule has 0 N–H and O–H groups in total. The Morgan fingerprint density at radius 3 is 2.09 bits per heavy atom. The zero-order valence-electron chi connectivity index (χ0n) is 5.44. The minimum Gasteiger partial charge on any atom is -0.391 e. The molecule has 6 heteroatoms. The third-order valence-electron chi connectivity index (χ3n) is 0.660. The first-order chi connectivity index (χ1) is 4.88. The number of rotatable bonds is 1. The van der Waals surface area contributed by atoms with Gasteiger partial charge in [0, 0.05) is 0 Å². The van der Waals surface area contributed by atoms with E-state index in [4.69, 9.17) is 0 Å². The van der Waals surface area contributed by atoms with Crippen LogP contribution in [0.4, 0.5) is 0 Å². The Bertz CT molecular complexity index is 172. The van der Waals surface area contributed by atoms with Crippen LogP contribution in [0.5, 0.6) is 0 Å². The fourth-order valence-corrected chi connectivity index (χ4v) is 0.451. The van der Waals surface area contributed by atoms with E-state index in [0.29, 0.717) is 0 Å². The summed E-state index contributed by atoms with van der Waals surface area (Å²) in [5.74, 6) is -1.43. The molecule has 0 bridgehead atoms. The minimum atomic E-state index is -1.17. The normalized spacial score (nSPS) is 10.9. The molecule has 0 saturated carbocycles. The maximum atomic E-state index is 10.8. The molecule has 11 heavy (non-hydrogen) atoms. The second kappa shape index (κ2) is 4.57. The van der Waals surface area contributed by atoms with E-state index in [2.05, 4.69) is 52.5 Å². The molecule has 0 spiro atoms. The van der Waals surface area contributed by atoms with Crippen molar-refractivity contribution in [3.05, 3.63) is 6.42 Å². The molecule has 63 valence electrons. The number of carbonyl (C=O) groups is 2. The van der Waals surface area contributed by atoms with Crippen LogP contribution in [-0.2, 0) is 14.3 Å². The molecule has 0 atom stereocenters. The van der Waals surface area contributed by atoms with Crippen LogP contribution in [0.1, 0.15) is 6.92 Å². The number of carbonyl (C=O) groups excluding carboxylic acids is 2. The van der Waals surface area contributed by atoms with Gasteiger partial charge in [0.05, 0.1) is 6.42 Å². The minimum absolute atomic E-state index is 0.683. The van der Waals surface area contributed by atoms with Crippen molar-refractivity contribution in [2.45, 2.75) is 9.07 Å². The molecule has 0 fully saturated rings. The second-order valence-electron chi connectivity index (χ2n) is 1.49. The van der Waals surface area contributed by atoms with Gasteiger partial charge in [0.1, 0.15) is 0 Å². The molecule has 0 rings (SSSR count). The summed E-state index contributed by atoms with van der Waals surface area (Å²) in [4.78, 5) is 21.3. The first kappa shape index (κ1) is 11.6. The SMILES string of the molecule is C[CH]C(=O)OC(=O)C(Br)(Br)Br. The monoisotopic (exact) mass is 349 g/mol. The van der Waals surface area contributed by atoms with Gasteiger partial charge in [-0.15, -0.1) is 0 Å². The van der Waals surface area contributed by atoms with E-state index in [0.717, 1.165) is 6.42 Å². The molecule has 0 aromatic heterocycles. The molecule has 0 aromatic rings. The first-order valence-corrected chi connectivity index (χ1v) is 4.88. The maximum Gasteiger partial charge on any atom is 0.352 e. The highest BCUT2D eigenvalue weighted by Crippen LogP contribution is 2.34. The fraction of sp³-hybridized carbons (Fsp3) is 0.400. The topological polar surface area (TPSA) is 43.4 Å². The lowest BCUT2D eigenvalue weighted by molar-refractivity contribution is -0.155. The van der Waals surface area contributed by atoms with E-state index < -0.39 is 14.1 Å². The Hall–Kier alpha value is 0.580. The van der Waals surface area contributed by atoms with Gasteiger partial charge in [-0.2, -0.15) is 0 Å². The number of alkyl halides is 3. The summed E-state index contributed by atoms with van der Waals surface area (Å²) in [5, 5.41) is 0. The molecule has 0 heterocycles. The lowest BCUT2D eigenvalue weighted by Crippen LogP contribution is -2.23. The zero-order valence-corrected chi connectivity index (χ0v) is 10.2. The number of esters is 2. The Morgan fingerprint density at radius 1 is 1.36 bits per heavy atom. The average molecular weight is 352 g/mol. The molecule has 0 aliphatic rings. The van der Waals surface area contributed by atoms with Crippen molar-refractivity contribution < 1.29 is 14.3 Å². The van der Waals surface area contributed by atoms with E-state index in [1.165, 1.54) is 6.92 Å². The molecule has 0 saturated heterocycles. The lowest BCUT2D eigenvalue weighted by atomic mass is 10.5. The average Bonchev–Trinajstić information content (AvgIpc) is 1.85. The third-order valence-corrected chi connectivity index (χ3v) is 1.63. The highest BCUT2D eigenvalue weighted by Gasteiger charge is 2.32. The summed E-state index contributed by atoms with van der Waals surface area (Å²) in [6, 6.07) is 0. The van der Waals surface area contributed by atoms with E-state index >= 15 is 0 Å². The highest BCUT2D eigenvalue weighted by molar-refractivity contribution is 9.40. The van der Waals surface area contributed by atoms with Crippen molar-refractivity contribution in [3.63, 3.8) is 0 Å². The zero-order chi connectivity index (χ0) is 9.07. The van der Waals surface area contributed by atoms with Crippen LogP contribution < -0.4 is 0 Å². The molecule has 0 aromatic carbocycles. The quantitative estimate of drug-likeness (QED) is 0.413. The van der Waals surface area contributed by atoms with Crippen molar-refractivity contribution in [2.24, 2.45) is 0 Å². The maximum absolute atomic E-state index is 10.8. The Morgan fingerprint density at radius 2 is 1.82 bits per heavy atom. The Labute approximate surface area is 89.2 Å². The summed E-state index contributed by atoms with van der Waals surface area (Å²) in [6.07, 6.45) is 1.15. The van der Waals surface area contributed by atoms with Gasteiger partial charge in [-0.05, 0) is 47.8 Å². The molecule has 3 nitrogen and oxygen atoms in total. The summed E-state index contributed by atoms with van der Waals surface area (Å²) in [7, 11) is 0. The van der Waals surface area contributed by atoms with Crippen LogP contribution in [0.15, 0.2) is 0 Å². The molecule has 0 aliphatic heterocycles. The van der Waals surface area contributed by atoms with E-state index in [9.17, 15) is 9.59 Å². The van der Waals surface area contributed by atoms with Gasteiger partial charge >= 0.3 is 11.9 Å². The van der Waals surface area contributed by atoms with E-state index in [-0.39, 0.29) is 0 Å². The molecule has 0 amide bonds. The van der Waals surface area contributed by atoms with Gasteiger partial charge in [-0.3, -0.25) is 4.79 Å².